The molecule has 2 unspecified atom stereocenters. The minimum Gasteiger partial charge on any atom is -0.493 e. The Hall–Kier alpha value is -2.81. The summed E-state index contributed by atoms with van der Waals surface area (Å²) in [5.41, 5.74) is 2.40. The van der Waals surface area contributed by atoms with E-state index in [1.54, 1.807) is 6.20 Å². The van der Waals surface area contributed by atoms with Gasteiger partial charge < -0.3 is 9.47 Å². The predicted molar refractivity (Wildman–Crippen MR) is 97.8 cm³/mol. The van der Waals surface area contributed by atoms with E-state index in [9.17, 15) is 0 Å². The fourth-order valence-corrected chi connectivity index (χ4v) is 3.02. The van der Waals surface area contributed by atoms with Gasteiger partial charge in [-0.15, -0.1) is 0 Å². The van der Waals surface area contributed by atoms with Gasteiger partial charge in [-0.2, -0.15) is 0 Å². The molecule has 0 bridgehead atoms. The molecule has 0 spiro atoms. The zero-order valence-corrected chi connectivity index (χ0v) is 14.0. The van der Waals surface area contributed by atoms with Gasteiger partial charge in [-0.05, 0) is 41.7 Å². The average Bonchev–Trinajstić information content (AvgIpc) is 3.46. The lowest BCUT2D eigenvalue weighted by atomic mass is 10.1. The van der Waals surface area contributed by atoms with Crippen LogP contribution in [0.15, 0.2) is 79.1 Å². The summed E-state index contributed by atoms with van der Waals surface area (Å²) in [5, 5.41) is 0. The Morgan fingerprint density at radius 1 is 0.840 bits per heavy atom. The second-order valence-electron chi connectivity index (χ2n) is 6.45. The minimum atomic E-state index is 0.525. The molecule has 126 valence electrons. The molecule has 2 aromatic carbocycles. The standard InChI is InChI=1S/C22H21NO2/c1-3-7-17(8-4-1)15-24-21-11-18(13-23-14-21)22-12-19(22)16-25-20-9-5-2-6-10-20/h1-11,13-14,19,22H,12,15-16H2. The van der Waals surface area contributed by atoms with E-state index in [0.717, 1.165) is 30.1 Å². The van der Waals surface area contributed by atoms with Crippen molar-refractivity contribution in [1.82, 2.24) is 4.98 Å². The first-order valence-electron chi connectivity index (χ1n) is 8.68. The highest BCUT2D eigenvalue weighted by Crippen LogP contribution is 2.47. The van der Waals surface area contributed by atoms with Gasteiger partial charge in [0.15, 0.2) is 0 Å². The van der Waals surface area contributed by atoms with Crippen molar-refractivity contribution in [3.8, 4) is 11.5 Å². The molecular weight excluding hydrogens is 310 g/mol. The van der Waals surface area contributed by atoms with Gasteiger partial charge in [0.05, 0.1) is 12.8 Å². The van der Waals surface area contributed by atoms with Crippen molar-refractivity contribution in [3.05, 3.63) is 90.3 Å². The second-order valence-corrected chi connectivity index (χ2v) is 6.45. The highest BCUT2D eigenvalue weighted by molar-refractivity contribution is 5.31. The van der Waals surface area contributed by atoms with Crippen LogP contribution in [-0.2, 0) is 6.61 Å². The summed E-state index contributed by atoms with van der Waals surface area (Å²) in [4.78, 5) is 4.35. The van der Waals surface area contributed by atoms with Gasteiger partial charge in [0.1, 0.15) is 18.1 Å². The zero-order chi connectivity index (χ0) is 16.9. The zero-order valence-electron chi connectivity index (χ0n) is 14.0. The first-order chi connectivity index (χ1) is 12.4. The lowest BCUT2D eigenvalue weighted by molar-refractivity contribution is 0.296. The Morgan fingerprint density at radius 3 is 2.40 bits per heavy atom. The van der Waals surface area contributed by atoms with Crippen molar-refractivity contribution in [2.45, 2.75) is 18.9 Å². The molecule has 3 nitrogen and oxygen atoms in total. The predicted octanol–water partition coefficient (Wildman–Crippen LogP) is 4.84. The van der Waals surface area contributed by atoms with Crippen molar-refractivity contribution >= 4 is 0 Å². The third-order valence-electron chi connectivity index (χ3n) is 4.54. The molecule has 4 rings (SSSR count). The number of para-hydroxylation sites is 1. The quantitative estimate of drug-likeness (QED) is 0.620. The van der Waals surface area contributed by atoms with Gasteiger partial charge in [0, 0.05) is 12.1 Å². The van der Waals surface area contributed by atoms with Crippen LogP contribution in [0.1, 0.15) is 23.5 Å². The summed E-state index contributed by atoms with van der Waals surface area (Å²) in [6, 6.07) is 22.3. The minimum absolute atomic E-state index is 0.525. The number of rotatable bonds is 7. The van der Waals surface area contributed by atoms with Crippen LogP contribution in [-0.4, -0.2) is 11.6 Å². The summed E-state index contributed by atoms with van der Waals surface area (Å²) in [5.74, 6) is 2.85. The molecule has 0 saturated heterocycles. The first kappa shape index (κ1) is 15.7. The monoisotopic (exact) mass is 331 g/mol. The molecule has 1 heterocycles. The first-order valence-corrected chi connectivity index (χ1v) is 8.68. The lowest BCUT2D eigenvalue weighted by Gasteiger charge is -2.08. The van der Waals surface area contributed by atoms with Crippen molar-refractivity contribution < 1.29 is 9.47 Å². The van der Waals surface area contributed by atoms with Gasteiger partial charge >= 0.3 is 0 Å². The maximum atomic E-state index is 5.88. The van der Waals surface area contributed by atoms with Crippen LogP contribution in [0, 0.1) is 5.92 Å². The highest BCUT2D eigenvalue weighted by atomic mass is 16.5. The normalized spacial score (nSPS) is 18.6. The van der Waals surface area contributed by atoms with E-state index in [1.807, 2.05) is 54.7 Å². The van der Waals surface area contributed by atoms with E-state index in [4.69, 9.17) is 9.47 Å². The van der Waals surface area contributed by atoms with Crippen LogP contribution in [0.2, 0.25) is 0 Å². The molecule has 1 fully saturated rings. The summed E-state index contributed by atoms with van der Waals surface area (Å²) < 4.78 is 11.7. The molecule has 3 aromatic rings. The number of nitrogens with zero attached hydrogens (tertiary/aromatic N) is 1. The summed E-state index contributed by atoms with van der Waals surface area (Å²) in [6.07, 6.45) is 4.88. The third-order valence-corrected chi connectivity index (χ3v) is 4.54. The molecule has 2 atom stereocenters. The van der Waals surface area contributed by atoms with Gasteiger partial charge in [-0.3, -0.25) is 4.98 Å². The van der Waals surface area contributed by atoms with E-state index in [-0.39, 0.29) is 0 Å². The van der Waals surface area contributed by atoms with Crippen molar-refractivity contribution in [3.63, 3.8) is 0 Å². The Balaban J connectivity index is 1.31. The largest absolute Gasteiger partial charge is 0.493 e. The Morgan fingerprint density at radius 2 is 1.60 bits per heavy atom. The Bertz CT molecular complexity index is 805. The summed E-state index contributed by atoms with van der Waals surface area (Å²) in [6.45, 7) is 1.32. The molecule has 1 aliphatic carbocycles. The second kappa shape index (κ2) is 7.39. The summed E-state index contributed by atoms with van der Waals surface area (Å²) >= 11 is 0. The van der Waals surface area contributed by atoms with E-state index < -0.39 is 0 Å². The van der Waals surface area contributed by atoms with E-state index in [0.29, 0.717) is 18.4 Å². The van der Waals surface area contributed by atoms with Gasteiger partial charge in [0.25, 0.3) is 0 Å². The van der Waals surface area contributed by atoms with Crippen LogP contribution in [0.5, 0.6) is 11.5 Å². The van der Waals surface area contributed by atoms with Crippen molar-refractivity contribution in [2.24, 2.45) is 5.92 Å². The van der Waals surface area contributed by atoms with Crippen LogP contribution < -0.4 is 9.47 Å². The average molecular weight is 331 g/mol. The van der Waals surface area contributed by atoms with Crippen LogP contribution in [0.25, 0.3) is 0 Å². The van der Waals surface area contributed by atoms with E-state index in [2.05, 4.69) is 23.2 Å². The molecule has 1 aromatic heterocycles. The maximum absolute atomic E-state index is 5.88. The molecule has 0 radical (unpaired) electrons. The highest BCUT2D eigenvalue weighted by Gasteiger charge is 2.39. The molecule has 0 N–H and O–H groups in total. The molecule has 3 heteroatoms. The number of hydrogen-bond acceptors (Lipinski definition) is 3. The number of aromatic nitrogens is 1. The smallest absolute Gasteiger partial charge is 0.138 e. The van der Waals surface area contributed by atoms with Crippen LogP contribution in [0.4, 0.5) is 0 Å². The molecule has 1 saturated carbocycles. The van der Waals surface area contributed by atoms with Gasteiger partial charge in [-0.1, -0.05) is 48.5 Å². The fourth-order valence-electron chi connectivity index (χ4n) is 3.02. The molecule has 1 aliphatic rings. The van der Waals surface area contributed by atoms with Crippen LogP contribution in [0.3, 0.4) is 0 Å². The number of hydrogen-bond donors (Lipinski definition) is 0. The van der Waals surface area contributed by atoms with E-state index in [1.165, 1.54) is 5.56 Å². The summed E-state index contributed by atoms with van der Waals surface area (Å²) in [7, 11) is 0. The maximum Gasteiger partial charge on any atom is 0.138 e. The van der Waals surface area contributed by atoms with Crippen molar-refractivity contribution in [1.29, 1.82) is 0 Å². The SMILES string of the molecule is c1ccc(COc2cncc(C3CC3COc3ccccc3)c2)cc1. The molecular formula is C22H21NO2. The fraction of sp³-hybridized carbons (Fsp3) is 0.227. The molecule has 25 heavy (non-hydrogen) atoms. The van der Waals surface area contributed by atoms with Gasteiger partial charge in [-0.25, -0.2) is 0 Å². The lowest BCUT2D eigenvalue weighted by Crippen LogP contribution is -2.01. The molecule has 0 amide bonds. The third kappa shape index (κ3) is 4.18. The van der Waals surface area contributed by atoms with Crippen LogP contribution >= 0.6 is 0 Å². The topological polar surface area (TPSA) is 31.4 Å². The number of ether oxygens (including phenoxy) is 2. The Kier molecular flexibility index (Phi) is 4.64. The van der Waals surface area contributed by atoms with E-state index >= 15 is 0 Å². The number of benzene rings is 2. The van der Waals surface area contributed by atoms with Gasteiger partial charge in [0.2, 0.25) is 0 Å². The van der Waals surface area contributed by atoms with Crippen molar-refractivity contribution in [2.75, 3.05) is 6.61 Å². The number of pyridine rings is 1. The Labute approximate surface area is 148 Å². The molecule has 0 aliphatic heterocycles.